The van der Waals surface area contributed by atoms with Crippen molar-refractivity contribution in [1.29, 1.82) is 0 Å². The minimum absolute atomic E-state index is 0.748. The van der Waals surface area contributed by atoms with Gasteiger partial charge in [-0.2, -0.15) is 0 Å². The third-order valence-electron chi connectivity index (χ3n) is 4.95. The third-order valence-corrected chi connectivity index (χ3v) is 5.87. The first-order chi connectivity index (χ1) is 12.0. The van der Waals surface area contributed by atoms with E-state index >= 15 is 0 Å². The van der Waals surface area contributed by atoms with Crippen LogP contribution < -0.4 is 4.90 Å². The van der Waals surface area contributed by atoms with E-state index < -0.39 is 0 Å². The molecule has 6 heteroatoms. The van der Waals surface area contributed by atoms with Crippen LogP contribution in [0, 0.1) is 12.8 Å². The van der Waals surface area contributed by atoms with Crippen molar-refractivity contribution in [1.82, 2.24) is 19.8 Å². The van der Waals surface area contributed by atoms with Crippen molar-refractivity contribution in [2.75, 3.05) is 45.7 Å². The summed E-state index contributed by atoms with van der Waals surface area (Å²) >= 11 is 1.77. The summed E-state index contributed by atoms with van der Waals surface area (Å²) in [5, 5.41) is 0. The van der Waals surface area contributed by atoms with Gasteiger partial charge in [-0.05, 0) is 38.9 Å². The molecule has 0 amide bonds. The molecule has 5 nitrogen and oxygen atoms in total. The normalized spacial score (nSPS) is 18.2. The number of pyridine rings is 1. The Bertz CT molecular complexity index is 684. The summed E-state index contributed by atoms with van der Waals surface area (Å²) in [6.45, 7) is 7.62. The molecule has 1 aliphatic heterocycles. The molecule has 25 heavy (non-hydrogen) atoms. The highest BCUT2D eigenvalue weighted by atomic mass is 32.1. The van der Waals surface area contributed by atoms with Gasteiger partial charge in [-0.25, -0.2) is 4.98 Å². The van der Waals surface area contributed by atoms with Crippen molar-refractivity contribution in [2.45, 2.75) is 26.4 Å². The molecule has 0 radical (unpaired) electrons. The average molecular weight is 360 g/mol. The van der Waals surface area contributed by atoms with Gasteiger partial charge in [0.15, 0.2) is 0 Å². The first-order valence-electron chi connectivity index (χ1n) is 8.93. The van der Waals surface area contributed by atoms with Gasteiger partial charge in [0.1, 0.15) is 0 Å². The number of rotatable bonds is 7. The van der Waals surface area contributed by atoms with E-state index in [1.807, 2.05) is 17.9 Å². The van der Waals surface area contributed by atoms with Crippen molar-refractivity contribution in [2.24, 2.45) is 5.92 Å². The molecule has 0 spiro atoms. The van der Waals surface area contributed by atoms with Gasteiger partial charge in [-0.15, -0.1) is 11.3 Å². The van der Waals surface area contributed by atoms with Crippen LogP contribution in [0.15, 0.2) is 24.0 Å². The molecular weight excluding hydrogens is 330 g/mol. The van der Waals surface area contributed by atoms with Crippen LogP contribution >= 0.6 is 11.3 Å². The Balaban J connectivity index is 1.51. The number of aromatic nitrogens is 2. The van der Waals surface area contributed by atoms with E-state index in [1.54, 1.807) is 11.3 Å². The summed E-state index contributed by atoms with van der Waals surface area (Å²) in [5.74, 6) is 0.748. The number of likely N-dealkylation sites (tertiary alicyclic amines) is 1. The van der Waals surface area contributed by atoms with E-state index in [9.17, 15) is 0 Å². The Morgan fingerprint density at radius 2 is 2.16 bits per heavy atom. The highest BCUT2D eigenvalue weighted by Gasteiger charge is 2.24. The highest BCUT2D eigenvalue weighted by molar-refractivity contribution is 7.09. The number of anilines is 1. The van der Waals surface area contributed by atoms with Crippen molar-refractivity contribution in [3.63, 3.8) is 0 Å². The van der Waals surface area contributed by atoms with Gasteiger partial charge in [0.05, 0.1) is 11.2 Å². The highest BCUT2D eigenvalue weighted by Crippen LogP contribution is 2.24. The van der Waals surface area contributed by atoms with Crippen LogP contribution in [0.5, 0.6) is 0 Å². The van der Waals surface area contributed by atoms with Gasteiger partial charge >= 0.3 is 0 Å². The molecule has 1 unspecified atom stereocenters. The Kier molecular flexibility index (Phi) is 6.04. The van der Waals surface area contributed by atoms with E-state index in [1.165, 1.54) is 41.3 Å². The van der Waals surface area contributed by atoms with Crippen LogP contribution in [0.2, 0.25) is 0 Å². The van der Waals surface area contributed by atoms with Gasteiger partial charge < -0.3 is 9.80 Å². The molecule has 2 aromatic rings. The molecule has 1 atom stereocenters. The number of hydrogen-bond donors (Lipinski definition) is 0. The molecule has 136 valence electrons. The fourth-order valence-corrected chi connectivity index (χ4v) is 4.51. The average Bonchev–Trinajstić information content (AvgIpc) is 3.17. The third kappa shape index (κ3) is 4.77. The zero-order chi connectivity index (χ0) is 17.8. The van der Waals surface area contributed by atoms with E-state index in [0.29, 0.717) is 0 Å². The molecule has 1 aliphatic rings. The molecular formula is C19H29N5S. The maximum Gasteiger partial charge on any atom is 0.0798 e. The van der Waals surface area contributed by atoms with Gasteiger partial charge in [0, 0.05) is 68.8 Å². The zero-order valence-electron chi connectivity index (χ0n) is 15.8. The first-order valence-corrected chi connectivity index (χ1v) is 9.81. The number of thiazole rings is 1. The summed E-state index contributed by atoms with van der Waals surface area (Å²) in [6, 6.07) is 2.11. The van der Waals surface area contributed by atoms with Crippen LogP contribution in [-0.4, -0.2) is 60.5 Å². The number of hydrogen-bond acceptors (Lipinski definition) is 6. The van der Waals surface area contributed by atoms with Crippen LogP contribution in [-0.2, 0) is 13.1 Å². The number of nitrogens with zero attached hydrogens (tertiary/aromatic N) is 5. The summed E-state index contributed by atoms with van der Waals surface area (Å²) in [6.07, 6.45) is 5.17. The van der Waals surface area contributed by atoms with Gasteiger partial charge in [-0.1, -0.05) is 0 Å². The summed E-state index contributed by atoms with van der Waals surface area (Å²) in [7, 11) is 6.43. The first kappa shape index (κ1) is 18.3. The maximum absolute atomic E-state index is 4.36. The second-order valence-electron chi connectivity index (χ2n) is 7.35. The van der Waals surface area contributed by atoms with Gasteiger partial charge in [-0.3, -0.25) is 9.88 Å². The number of aryl methyl sites for hydroxylation is 1. The monoisotopic (exact) mass is 359 g/mol. The lowest BCUT2D eigenvalue weighted by Gasteiger charge is -2.23. The van der Waals surface area contributed by atoms with Crippen LogP contribution in [0.1, 0.15) is 22.6 Å². The predicted octanol–water partition coefficient (Wildman–Crippen LogP) is 2.87. The minimum atomic E-state index is 0.748. The molecule has 1 saturated heterocycles. The SMILES string of the molecule is Cc1ncsc1CN(C)CC1CCN(Cc2cnccc2N(C)C)C1. The minimum Gasteiger partial charge on any atom is -0.377 e. The van der Waals surface area contributed by atoms with E-state index in [4.69, 9.17) is 0 Å². The Hall–Kier alpha value is -1.50. The molecule has 0 N–H and O–H groups in total. The molecule has 1 fully saturated rings. The summed E-state index contributed by atoms with van der Waals surface area (Å²) < 4.78 is 0. The lowest BCUT2D eigenvalue weighted by molar-refractivity contribution is 0.256. The fraction of sp³-hybridized carbons (Fsp3) is 0.579. The Morgan fingerprint density at radius 1 is 1.32 bits per heavy atom. The van der Waals surface area contributed by atoms with E-state index in [0.717, 1.165) is 25.6 Å². The van der Waals surface area contributed by atoms with Crippen LogP contribution in [0.4, 0.5) is 5.69 Å². The second-order valence-corrected chi connectivity index (χ2v) is 8.29. The van der Waals surface area contributed by atoms with Crippen LogP contribution in [0.25, 0.3) is 0 Å². The van der Waals surface area contributed by atoms with Gasteiger partial charge in [0.2, 0.25) is 0 Å². The largest absolute Gasteiger partial charge is 0.377 e. The standard InChI is InChI=1S/C19H29N5S/c1-15-19(25-14-21-15)13-23(4)10-16-6-8-24(11-16)12-17-9-20-7-5-18(17)22(2)3/h5,7,9,14,16H,6,8,10-13H2,1-4H3. The van der Waals surface area contributed by atoms with Crippen molar-refractivity contribution in [3.05, 3.63) is 40.1 Å². The quantitative estimate of drug-likeness (QED) is 0.760. The molecule has 0 bridgehead atoms. The second kappa shape index (κ2) is 8.25. The molecule has 2 aromatic heterocycles. The molecule has 0 aromatic carbocycles. The predicted molar refractivity (Wildman–Crippen MR) is 105 cm³/mol. The molecule has 3 rings (SSSR count). The van der Waals surface area contributed by atoms with Crippen molar-refractivity contribution >= 4 is 17.0 Å². The maximum atomic E-state index is 4.36. The Morgan fingerprint density at radius 3 is 2.88 bits per heavy atom. The van der Waals surface area contributed by atoms with Crippen molar-refractivity contribution < 1.29 is 0 Å². The smallest absolute Gasteiger partial charge is 0.0798 e. The zero-order valence-corrected chi connectivity index (χ0v) is 16.6. The molecule has 0 saturated carbocycles. The topological polar surface area (TPSA) is 35.5 Å². The molecule has 3 heterocycles. The lowest BCUT2D eigenvalue weighted by Crippen LogP contribution is -2.28. The Labute approximate surface area is 155 Å². The summed E-state index contributed by atoms with van der Waals surface area (Å²) in [5.41, 5.74) is 5.72. The van der Waals surface area contributed by atoms with Crippen molar-refractivity contribution in [3.8, 4) is 0 Å². The van der Waals surface area contributed by atoms with Gasteiger partial charge in [0.25, 0.3) is 0 Å². The van der Waals surface area contributed by atoms with E-state index in [-0.39, 0.29) is 0 Å². The fourth-order valence-electron chi connectivity index (χ4n) is 3.65. The van der Waals surface area contributed by atoms with Crippen LogP contribution in [0.3, 0.4) is 0 Å². The lowest BCUT2D eigenvalue weighted by atomic mass is 10.1. The summed E-state index contributed by atoms with van der Waals surface area (Å²) in [4.78, 5) is 17.3. The van der Waals surface area contributed by atoms with E-state index in [2.05, 4.69) is 58.8 Å². The molecule has 0 aliphatic carbocycles.